The summed E-state index contributed by atoms with van der Waals surface area (Å²) < 4.78 is 19.3. The first kappa shape index (κ1) is 22.2. The lowest BCUT2D eigenvalue weighted by molar-refractivity contribution is -0.130. The fourth-order valence-corrected chi connectivity index (χ4v) is 3.83. The van der Waals surface area contributed by atoms with E-state index in [9.17, 15) is 14.0 Å². The third-order valence-corrected chi connectivity index (χ3v) is 5.49. The van der Waals surface area contributed by atoms with Crippen molar-refractivity contribution in [1.29, 1.82) is 0 Å². The molecule has 1 aliphatic heterocycles. The van der Waals surface area contributed by atoms with E-state index in [2.05, 4.69) is 15.5 Å². The van der Waals surface area contributed by atoms with Crippen molar-refractivity contribution in [3.05, 3.63) is 46.3 Å². The summed E-state index contributed by atoms with van der Waals surface area (Å²) in [5, 5.41) is 6.75. The Hall–Kier alpha value is -2.48. The van der Waals surface area contributed by atoms with Crippen LogP contribution in [0, 0.1) is 11.7 Å². The number of nitrogens with zero attached hydrogens (tertiary/aromatic N) is 3. The Morgan fingerprint density at radius 3 is 2.70 bits per heavy atom. The van der Waals surface area contributed by atoms with E-state index in [1.807, 2.05) is 27.7 Å². The van der Waals surface area contributed by atoms with E-state index in [1.165, 1.54) is 12.1 Å². The van der Waals surface area contributed by atoms with Gasteiger partial charge in [-0.15, -0.1) is 0 Å². The van der Waals surface area contributed by atoms with E-state index in [-0.39, 0.29) is 35.2 Å². The van der Waals surface area contributed by atoms with Crippen molar-refractivity contribution >= 4 is 23.4 Å². The van der Waals surface area contributed by atoms with Gasteiger partial charge in [-0.1, -0.05) is 36.7 Å². The molecule has 0 spiro atoms. The minimum Gasteiger partial charge on any atom is -0.355 e. The maximum atomic E-state index is 14.1. The van der Waals surface area contributed by atoms with Crippen molar-refractivity contribution in [3.8, 4) is 0 Å². The Kier molecular flexibility index (Phi) is 6.75. The number of rotatable bonds is 7. The van der Waals surface area contributed by atoms with Crippen LogP contribution in [0.5, 0.6) is 0 Å². The van der Waals surface area contributed by atoms with Gasteiger partial charge in [0.15, 0.2) is 5.82 Å². The Bertz CT molecular complexity index is 931. The molecule has 2 amide bonds. The summed E-state index contributed by atoms with van der Waals surface area (Å²) in [6.07, 6.45) is 0.456. The van der Waals surface area contributed by atoms with Gasteiger partial charge in [-0.3, -0.25) is 9.59 Å². The second-order valence-corrected chi connectivity index (χ2v) is 8.47. The average molecular weight is 437 g/mol. The van der Waals surface area contributed by atoms with E-state index in [0.29, 0.717) is 30.2 Å². The van der Waals surface area contributed by atoms with Gasteiger partial charge in [0.2, 0.25) is 17.7 Å². The second-order valence-electron chi connectivity index (χ2n) is 8.07. The first-order valence-electron chi connectivity index (χ1n) is 10.0. The summed E-state index contributed by atoms with van der Waals surface area (Å²) >= 11 is 5.81. The first-order valence-corrected chi connectivity index (χ1v) is 10.4. The smallest absolute Gasteiger partial charge is 0.228 e. The molecule has 2 unspecified atom stereocenters. The molecule has 2 heterocycles. The summed E-state index contributed by atoms with van der Waals surface area (Å²) in [6, 6.07) is 3.72. The van der Waals surface area contributed by atoms with Crippen LogP contribution in [0.4, 0.5) is 4.39 Å². The van der Waals surface area contributed by atoms with Gasteiger partial charge in [0.1, 0.15) is 5.82 Å². The number of hydrogen-bond donors (Lipinski definition) is 1. The molecule has 0 saturated carbocycles. The summed E-state index contributed by atoms with van der Waals surface area (Å²) in [4.78, 5) is 31.5. The standard InChI is InChI=1S/C21H26ClFN4O3/c1-11(2)20-25-17(30-26-20)7-8-24-21(29)14-10-18(28)27(12(3)4)19(14)13-5-6-15(22)16(23)9-13/h5-6,9,11-12,14,19H,7-8,10H2,1-4H3,(H,24,29). The molecule has 1 fully saturated rings. The second kappa shape index (κ2) is 9.12. The van der Waals surface area contributed by atoms with Gasteiger partial charge >= 0.3 is 0 Å². The molecule has 1 N–H and O–H groups in total. The van der Waals surface area contributed by atoms with Crippen LogP contribution in [-0.4, -0.2) is 39.4 Å². The Labute approximate surface area is 180 Å². The molecule has 1 aromatic carbocycles. The van der Waals surface area contributed by atoms with Gasteiger partial charge in [0.25, 0.3) is 0 Å². The number of halogens is 2. The molecule has 2 atom stereocenters. The van der Waals surface area contributed by atoms with Gasteiger partial charge in [-0.2, -0.15) is 4.98 Å². The molecule has 2 aromatic rings. The molecule has 7 nitrogen and oxygen atoms in total. The van der Waals surface area contributed by atoms with Gasteiger partial charge in [-0.25, -0.2) is 4.39 Å². The van der Waals surface area contributed by atoms with E-state index < -0.39 is 17.8 Å². The van der Waals surface area contributed by atoms with E-state index in [0.717, 1.165) is 0 Å². The topological polar surface area (TPSA) is 88.3 Å². The molecule has 162 valence electrons. The number of carbonyl (C=O) groups excluding carboxylic acids is 2. The zero-order valence-electron chi connectivity index (χ0n) is 17.5. The predicted octanol–water partition coefficient (Wildman–Crippen LogP) is 3.64. The van der Waals surface area contributed by atoms with Gasteiger partial charge in [0.05, 0.1) is 17.0 Å². The van der Waals surface area contributed by atoms with Crippen LogP contribution in [0.3, 0.4) is 0 Å². The summed E-state index contributed by atoms with van der Waals surface area (Å²) in [5.41, 5.74) is 0.551. The molecule has 1 aliphatic rings. The molecule has 0 radical (unpaired) electrons. The van der Waals surface area contributed by atoms with Crippen molar-refractivity contribution < 1.29 is 18.5 Å². The average Bonchev–Trinajstić information content (AvgIpc) is 3.28. The molecule has 3 rings (SSSR count). The van der Waals surface area contributed by atoms with Crippen molar-refractivity contribution in [1.82, 2.24) is 20.4 Å². The van der Waals surface area contributed by atoms with Crippen LogP contribution in [0.15, 0.2) is 22.7 Å². The van der Waals surface area contributed by atoms with Crippen LogP contribution in [0.2, 0.25) is 5.02 Å². The highest BCUT2D eigenvalue weighted by Gasteiger charge is 2.45. The lowest BCUT2D eigenvalue weighted by atomic mass is 9.92. The molecule has 30 heavy (non-hydrogen) atoms. The molecular formula is C21H26ClFN4O3. The number of hydrogen-bond acceptors (Lipinski definition) is 5. The molecule has 9 heteroatoms. The van der Waals surface area contributed by atoms with Crippen LogP contribution in [0.1, 0.15) is 63.4 Å². The Balaban J connectivity index is 1.73. The van der Waals surface area contributed by atoms with Crippen LogP contribution in [-0.2, 0) is 16.0 Å². The van der Waals surface area contributed by atoms with E-state index >= 15 is 0 Å². The van der Waals surface area contributed by atoms with Crippen LogP contribution in [0.25, 0.3) is 0 Å². The summed E-state index contributed by atoms with van der Waals surface area (Å²) in [5.74, 6) is -0.386. The summed E-state index contributed by atoms with van der Waals surface area (Å²) in [6.45, 7) is 7.98. The lowest BCUT2D eigenvalue weighted by Gasteiger charge is -2.31. The molecule has 0 aliphatic carbocycles. The highest BCUT2D eigenvalue weighted by atomic mass is 35.5. The molecule has 1 aromatic heterocycles. The van der Waals surface area contributed by atoms with Crippen molar-refractivity contribution in [2.45, 2.75) is 58.5 Å². The van der Waals surface area contributed by atoms with E-state index in [1.54, 1.807) is 11.0 Å². The largest absolute Gasteiger partial charge is 0.355 e. The lowest BCUT2D eigenvalue weighted by Crippen LogP contribution is -2.39. The highest BCUT2D eigenvalue weighted by Crippen LogP contribution is 2.40. The number of amides is 2. The SMILES string of the molecule is CC(C)c1noc(CCNC(=O)C2CC(=O)N(C(C)C)C2c2ccc(Cl)c(F)c2)n1. The molecule has 0 bridgehead atoms. The van der Waals surface area contributed by atoms with E-state index in [4.69, 9.17) is 16.1 Å². The maximum absolute atomic E-state index is 14.1. The molecule has 1 saturated heterocycles. The van der Waals surface area contributed by atoms with Crippen LogP contribution >= 0.6 is 11.6 Å². The van der Waals surface area contributed by atoms with Crippen molar-refractivity contribution in [2.75, 3.05) is 6.54 Å². The van der Waals surface area contributed by atoms with Gasteiger partial charge in [0, 0.05) is 31.3 Å². The zero-order valence-corrected chi connectivity index (χ0v) is 18.2. The Morgan fingerprint density at radius 2 is 2.10 bits per heavy atom. The normalized spacial score (nSPS) is 19.2. The predicted molar refractivity (Wildman–Crippen MR) is 109 cm³/mol. The van der Waals surface area contributed by atoms with Crippen molar-refractivity contribution in [3.63, 3.8) is 0 Å². The number of benzene rings is 1. The number of aromatic nitrogens is 2. The highest BCUT2D eigenvalue weighted by molar-refractivity contribution is 6.30. The fourth-order valence-electron chi connectivity index (χ4n) is 3.72. The zero-order chi connectivity index (χ0) is 22.0. The summed E-state index contributed by atoms with van der Waals surface area (Å²) in [7, 11) is 0. The minimum absolute atomic E-state index is 0.000459. The number of nitrogens with one attached hydrogen (secondary N) is 1. The third kappa shape index (κ3) is 4.64. The Morgan fingerprint density at radius 1 is 1.37 bits per heavy atom. The van der Waals surface area contributed by atoms with Crippen molar-refractivity contribution in [2.24, 2.45) is 5.92 Å². The van der Waals surface area contributed by atoms with Crippen LogP contribution < -0.4 is 5.32 Å². The first-order chi connectivity index (χ1) is 14.2. The minimum atomic E-state index is -0.630. The fraction of sp³-hybridized carbons (Fsp3) is 0.524. The number of carbonyl (C=O) groups is 2. The maximum Gasteiger partial charge on any atom is 0.228 e. The number of likely N-dealkylation sites (tertiary alicyclic amines) is 1. The van der Waals surface area contributed by atoms with Gasteiger partial charge in [-0.05, 0) is 31.5 Å². The monoisotopic (exact) mass is 436 g/mol. The third-order valence-electron chi connectivity index (χ3n) is 5.18. The molecular weight excluding hydrogens is 411 g/mol. The quantitative estimate of drug-likeness (QED) is 0.715. The van der Waals surface area contributed by atoms with Gasteiger partial charge < -0.3 is 14.7 Å².